The second kappa shape index (κ2) is 7.55. The molecule has 2 heterocycles. The Morgan fingerprint density at radius 2 is 2.04 bits per heavy atom. The molecule has 0 saturated carbocycles. The highest BCUT2D eigenvalue weighted by atomic mass is 19.1. The van der Waals surface area contributed by atoms with Crippen LogP contribution in [0.1, 0.15) is 31.2 Å². The molecule has 1 saturated heterocycles. The molecule has 1 fully saturated rings. The monoisotopic (exact) mass is 314 g/mol. The molecule has 1 aromatic carbocycles. The number of benzene rings is 1. The van der Waals surface area contributed by atoms with Crippen molar-refractivity contribution < 1.29 is 9.13 Å². The largest absolute Gasteiger partial charge is 0.473 e. The molecular formula is C19H23FN2O. The molecule has 1 aromatic heterocycles. The van der Waals surface area contributed by atoms with Crippen LogP contribution in [0, 0.1) is 5.95 Å². The van der Waals surface area contributed by atoms with Crippen molar-refractivity contribution >= 4 is 0 Å². The summed E-state index contributed by atoms with van der Waals surface area (Å²) in [5, 5.41) is 0. The Balaban J connectivity index is 1.45. The van der Waals surface area contributed by atoms with Crippen LogP contribution >= 0.6 is 0 Å². The normalized spacial score (nSPS) is 19.7. The van der Waals surface area contributed by atoms with Gasteiger partial charge in [0.25, 0.3) is 0 Å². The second-order valence-corrected chi connectivity index (χ2v) is 6.23. The van der Waals surface area contributed by atoms with Crippen molar-refractivity contribution in [3.8, 4) is 5.88 Å². The first-order chi connectivity index (χ1) is 11.2. The highest BCUT2D eigenvalue weighted by Gasteiger charge is 2.24. The van der Waals surface area contributed by atoms with Gasteiger partial charge in [-0.05, 0) is 36.9 Å². The SMILES string of the molecule is CC(CCN1CCC(Oc2cccc(F)n2)C1)c1ccccc1. The summed E-state index contributed by atoms with van der Waals surface area (Å²) in [6.07, 6.45) is 2.21. The molecule has 3 nitrogen and oxygen atoms in total. The minimum Gasteiger partial charge on any atom is -0.473 e. The van der Waals surface area contributed by atoms with E-state index in [4.69, 9.17) is 4.74 Å². The van der Waals surface area contributed by atoms with Crippen LogP contribution in [0.5, 0.6) is 5.88 Å². The summed E-state index contributed by atoms with van der Waals surface area (Å²) in [6.45, 7) is 5.25. The molecule has 4 heteroatoms. The minimum atomic E-state index is -0.492. The van der Waals surface area contributed by atoms with E-state index in [0.29, 0.717) is 11.8 Å². The number of rotatable bonds is 6. The van der Waals surface area contributed by atoms with E-state index in [-0.39, 0.29) is 6.10 Å². The third kappa shape index (κ3) is 4.52. The molecule has 122 valence electrons. The van der Waals surface area contributed by atoms with Crippen molar-refractivity contribution in [2.45, 2.75) is 31.8 Å². The maximum atomic E-state index is 13.1. The quantitative estimate of drug-likeness (QED) is 0.757. The van der Waals surface area contributed by atoms with Crippen molar-refractivity contribution in [2.75, 3.05) is 19.6 Å². The molecule has 2 aromatic rings. The molecule has 0 spiro atoms. The number of halogens is 1. The van der Waals surface area contributed by atoms with Gasteiger partial charge >= 0.3 is 0 Å². The van der Waals surface area contributed by atoms with Crippen LogP contribution in [-0.2, 0) is 0 Å². The van der Waals surface area contributed by atoms with Gasteiger partial charge in [0.05, 0.1) is 0 Å². The lowest BCUT2D eigenvalue weighted by atomic mass is 9.98. The number of aromatic nitrogens is 1. The standard InChI is InChI=1S/C19H23FN2O/c1-15(16-6-3-2-4-7-16)10-12-22-13-11-17(14-22)23-19-9-5-8-18(20)21-19/h2-9,15,17H,10-14H2,1H3. The Labute approximate surface area is 137 Å². The summed E-state index contributed by atoms with van der Waals surface area (Å²) < 4.78 is 18.9. The summed E-state index contributed by atoms with van der Waals surface area (Å²) in [5.41, 5.74) is 1.39. The molecule has 0 bridgehead atoms. The summed E-state index contributed by atoms with van der Waals surface area (Å²) in [7, 11) is 0. The fourth-order valence-electron chi connectivity index (χ4n) is 3.05. The topological polar surface area (TPSA) is 25.4 Å². The van der Waals surface area contributed by atoms with Crippen LogP contribution in [0.25, 0.3) is 0 Å². The van der Waals surface area contributed by atoms with E-state index < -0.39 is 5.95 Å². The second-order valence-electron chi connectivity index (χ2n) is 6.23. The van der Waals surface area contributed by atoms with E-state index in [9.17, 15) is 4.39 Å². The molecule has 0 N–H and O–H groups in total. The molecule has 23 heavy (non-hydrogen) atoms. The number of nitrogens with zero attached hydrogens (tertiary/aromatic N) is 2. The molecule has 2 atom stereocenters. The molecule has 2 unspecified atom stereocenters. The lowest BCUT2D eigenvalue weighted by Crippen LogP contribution is -2.26. The highest BCUT2D eigenvalue weighted by molar-refractivity contribution is 5.18. The summed E-state index contributed by atoms with van der Waals surface area (Å²) in [4.78, 5) is 6.19. The van der Waals surface area contributed by atoms with Gasteiger partial charge in [-0.25, -0.2) is 0 Å². The van der Waals surface area contributed by atoms with Gasteiger partial charge in [-0.15, -0.1) is 0 Å². The molecule has 0 aliphatic carbocycles. The van der Waals surface area contributed by atoms with Gasteiger partial charge in [0.2, 0.25) is 11.8 Å². The molecule has 1 aliphatic rings. The third-order valence-corrected chi connectivity index (χ3v) is 4.45. The summed E-state index contributed by atoms with van der Waals surface area (Å²) in [5.74, 6) is 0.449. The van der Waals surface area contributed by atoms with E-state index in [1.165, 1.54) is 11.6 Å². The maximum absolute atomic E-state index is 13.1. The number of pyridine rings is 1. The van der Waals surface area contributed by atoms with Crippen molar-refractivity contribution in [3.05, 3.63) is 60.0 Å². The Hall–Kier alpha value is -1.94. The zero-order valence-corrected chi connectivity index (χ0v) is 13.5. The van der Waals surface area contributed by atoms with Crippen molar-refractivity contribution in [3.63, 3.8) is 0 Å². The minimum absolute atomic E-state index is 0.108. The van der Waals surface area contributed by atoms with E-state index >= 15 is 0 Å². The molecule has 0 radical (unpaired) electrons. The van der Waals surface area contributed by atoms with E-state index in [2.05, 4.69) is 47.1 Å². The van der Waals surface area contributed by atoms with Crippen LogP contribution in [-0.4, -0.2) is 35.6 Å². The molecular weight excluding hydrogens is 291 g/mol. The Morgan fingerprint density at radius 1 is 1.22 bits per heavy atom. The average molecular weight is 314 g/mol. The van der Waals surface area contributed by atoms with Gasteiger partial charge in [-0.2, -0.15) is 9.37 Å². The predicted octanol–water partition coefficient (Wildman–Crippen LogP) is 3.87. The van der Waals surface area contributed by atoms with Gasteiger partial charge in [-0.1, -0.05) is 43.3 Å². The summed E-state index contributed by atoms with van der Waals surface area (Å²) >= 11 is 0. The number of hydrogen-bond acceptors (Lipinski definition) is 3. The fourth-order valence-corrected chi connectivity index (χ4v) is 3.05. The first kappa shape index (κ1) is 15.9. The fraction of sp³-hybridized carbons (Fsp3) is 0.421. The van der Waals surface area contributed by atoms with Crippen molar-refractivity contribution in [1.29, 1.82) is 0 Å². The van der Waals surface area contributed by atoms with Crippen LogP contribution in [0.4, 0.5) is 4.39 Å². The lowest BCUT2D eigenvalue weighted by molar-refractivity contribution is 0.190. The lowest BCUT2D eigenvalue weighted by Gasteiger charge is -2.19. The van der Waals surface area contributed by atoms with Crippen LogP contribution in [0.15, 0.2) is 48.5 Å². The van der Waals surface area contributed by atoms with Gasteiger partial charge in [0.1, 0.15) is 6.10 Å². The van der Waals surface area contributed by atoms with Gasteiger partial charge in [0.15, 0.2) is 0 Å². The smallest absolute Gasteiger partial charge is 0.216 e. The van der Waals surface area contributed by atoms with E-state index in [1.807, 2.05) is 0 Å². The van der Waals surface area contributed by atoms with Crippen LogP contribution < -0.4 is 4.74 Å². The average Bonchev–Trinajstić information content (AvgIpc) is 3.01. The van der Waals surface area contributed by atoms with Gasteiger partial charge < -0.3 is 4.74 Å². The van der Waals surface area contributed by atoms with Crippen molar-refractivity contribution in [1.82, 2.24) is 9.88 Å². The molecule has 3 rings (SSSR count). The third-order valence-electron chi connectivity index (χ3n) is 4.45. The Kier molecular flexibility index (Phi) is 5.23. The highest BCUT2D eigenvalue weighted by Crippen LogP contribution is 2.21. The molecule has 0 amide bonds. The van der Waals surface area contributed by atoms with Gasteiger partial charge in [-0.3, -0.25) is 4.90 Å². The van der Waals surface area contributed by atoms with Gasteiger partial charge in [0, 0.05) is 19.2 Å². The van der Waals surface area contributed by atoms with E-state index in [0.717, 1.165) is 32.5 Å². The Morgan fingerprint density at radius 3 is 2.83 bits per heavy atom. The first-order valence-electron chi connectivity index (χ1n) is 8.27. The number of hydrogen-bond donors (Lipinski definition) is 0. The van der Waals surface area contributed by atoms with E-state index in [1.54, 1.807) is 12.1 Å². The number of likely N-dealkylation sites (tertiary alicyclic amines) is 1. The predicted molar refractivity (Wildman–Crippen MR) is 89.1 cm³/mol. The summed E-state index contributed by atoms with van der Waals surface area (Å²) in [6, 6.07) is 15.3. The maximum Gasteiger partial charge on any atom is 0.216 e. The Bertz CT molecular complexity index is 620. The van der Waals surface area contributed by atoms with Crippen LogP contribution in [0.2, 0.25) is 0 Å². The zero-order chi connectivity index (χ0) is 16.1. The van der Waals surface area contributed by atoms with Crippen LogP contribution in [0.3, 0.4) is 0 Å². The number of ether oxygens (including phenoxy) is 1. The first-order valence-corrected chi connectivity index (χ1v) is 8.27. The van der Waals surface area contributed by atoms with Crippen molar-refractivity contribution in [2.24, 2.45) is 0 Å². The molecule has 1 aliphatic heterocycles. The zero-order valence-electron chi connectivity index (χ0n) is 13.5.